The average molecular weight is 135 g/mol. The van der Waals surface area contributed by atoms with Gasteiger partial charge in [-0.1, -0.05) is 13.2 Å². The van der Waals surface area contributed by atoms with Gasteiger partial charge in [0.2, 0.25) is 0 Å². The Labute approximate surface area is 62.1 Å². The summed E-state index contributed by atoms with van der Waals surface area (Å²) < 4.78 is 0. The molecule has 0 fully saturated rings. The van der Waals surface area contributed by atoms with E-state index in [-0.39, 0.29) is 0 Å². The van der Waals surface area contributed by atoms with E-state index in [1.54, 1.807) is 0 Å². The summed E-state index contributed by atoms with van der Waals surface area (Å²) in [5, 5.41) is 0. The van der Waals surface area contributed by atoms with Gasteiger partial charge in [-0.05, 0) is 26.0 Å². The van der Waals surface area contributed by atoms with Crippen molar-refractivity contribution < 1.29 is 0 Å². The average Bonchev–Trinajstić information content (AvgIpc) is 2.17. The van der Waals surface area contributed by atoms with Crippen molar-refractivity contribution in [2.75, 3.05) is 0 Å². The Bertz CT molecular complexity index is 198. The van der Waals surface area contributed by atoms with Crippen LogP contribution in [-0.2, 0) is 0 Å². The second-order valence-electron chi connectivity index (χ2n) is 2.07. The van der Waals surface area contributed by atoms with Crippen molar-refractivity contribution in [3.05, 3.63) is 42.4 Å². The van der Waals surface area contributed by atoms with Crippen LogP contribution in [0.15, 0.2) is 31.0 Å². The van der Waals surface area contributed by atoms with Gasteiger partial charge in [-0.15, -0.1) is 5.73 Å². The number of hydrogen-bond donors (Lipinski definition) is 1. The van der Waals surface area contributed by atoms with Crippen LogP contribution in [0.25, 0.3) is 0 Å². The number of nitrogens with one attached hydrogen (secondary N) is 1. The molecule has 1 rings (SSSR count). The summed E-state index contributed by atoms with van der Waals surface area (Å²) in [6.45, 7) is 10.3. The predicted octanol–water partition coefficient (Wildman–Crippen LogP) is 2.59. The molecule has 0 unspecified atom stereocenters. The lowest BCUT2D eigenvalue weighted by Crippen LogP contribution is -1.67. The molecule has 1 N–H and O–H groups in total. The van der Waals surface area contributed by atoms with Gasteiger partial charge in [0.05, 0.1) is 0 Å². The number of aryl methyl sites for hydroxylation is 2. The van der Waals surface area contributed by atoms with E-state index >= 15 is 0 Å². The molecule has 1 aromatic heterocycles. The molecule has 1 heterocycles. The quantitative estimate of drug-likeness (QED) is 0.526. The van der Waals surface area contributed by atoms with E-state index in [2.05, 4.69) is 36.0 Å². The fourth-order valence-electron chi connectivity index (χ4n) is 0.644. The van der Waals surface area contributed by atoms with Gasteiger partial charge in [-0.2, -0.15) is 0 Å². The molecule has 0 aliphatic heterocycles. The minimum Gasteiger partial charge on any atom is -0.363 e. The summed E-state index contributed by atoms with van der Waals surface area (Å²) >= 11 is 0. The Morgan fingerprint density at radius 3 is 1.60 bits per heavy atom. The third-order valence-corrected chi connectivity index (χ3v) is 0.978. The van der Waals surface area contributed by atoms with Crippen molar-refractivity contribution in [1.29, 1.82) is 0 Å². The molecule has 0 saturated carbocycles. The third kappa shape index (κ3) is 3.76. The Morgan fingerprint density at radius 1 is 1.20 bits per heavy atom. The second-order valence-corrected chi connectivity index (χ2v) is 2.07. The molecule has 0 bridgehead atoms. The summed E-state index contributed by atoms with van der Waals surface area (Å²) in [5.74, 6) is 0. The van der Waals surface area contributed by atoms with Gasteiger partial charge in [0.25, 0.3) is 0 Å². The normalized spacial score (nSPS) is 7.40. The molecule has 0 atom stereocenters. The maximum absolute atomic E-state index is 3.14. The molecule has 0 aromatic carbocycles. The second kappa shape index (κ2) is 4.66. The van der Waals surface area contributed by atoms with Crippen LogP contribution in [0, 0.1) is 13.8 Å². The smallest absolute Gasteiger partial charge is 0.0117 e. The molecule has 0 radical (unpaired) electrons. The van der Waals surface area contributed by atoms with Gasteiger partial charge in [-0.25, -0.2) is 0 Å². The van der Waals surface area contributed by atoms with Gasteiger partial charge in [-0.3, -0.25) is 0 Å². The minimum atomic E-state index is 1.23. The lowest BCUT2D eigenvalue weighted by Gasteiger charge is -1.77. The highest BCUT2D eigenvalue weighted by molar-refractivity contribution is 5.09. The monoisotopic (exact) mass is 135 g/mol. The highest BCUT2D eigenvalue weighted by atomic mass is 14.7. The van der Waals surface area contributed by atoms with Crippen molar-refractivity contribution in [3.63, 3.8) is 0 Å². The minimum absolute atomic E-state index is 1.23. The van der Waals surface area contributed by atoms with Crippen molar-refractivity contribution >= 4 is 0 Å². The zero-order valence-electron chi connectivity index (χ0n) is 6.57. The first-order valence-electron chi connectivity index (χ1n) is 3.12. The highest BCUT2D eigenvalue weighted by Gasteiger charge is 1.82. The molecule has 0 saturated heterocycles. The van der Waals surface area contributed by atoms with Gasteiger partial charge in [0, 0.05) is 11.4 Å². The van der Waals surface area contributed by atoms with Crippen LogP contribution in [0.1, 0.15) is 11.4 Å². The van der Waals surface area contributed by atoms with E-state index in [1.165, 1.54) is 11.4 Å². The van der Waals surface area contributed by atoms with Gasteiger partial charge in [0.1, 0.15) is 0 Å². The van der Waals surface area contributed by atoms with Crippen molar-refractivity contribution in [3.8, 4) is 0 Å². The van der Waals surface area contributed by atoms with Crippen LogP contribution in [0.2, 0.25) is 0 Å². The van der Waals surface area contributed by atoms with Gasteiger partial charge < -0.3 is 4.98 Å². The summed E-state index contributed by atoms with van der Waals surface area (Å²) in [5.41, 5.74) is 4.72. The first-order chi connectivity index (χ1) is 4.70. The zero-order chi connectivity index (χ0) is 7.98. The lowest BCUT2D eigenvalue weighted by atomic mass is 10.5. The molecule has 1 heteroatoms. The van der Waals surface area contributed by atoms with Crippen LogP contribution in [-0.4, -0.2) is 4.98 Å². The fraction of sp³-hybridized carbons (Fsp3) is 0.222. The van der Waals surface area contributed by atoms with Crippen molar-refractivity contribution in [2.45, 2.75) is 13.8 Å². The maximum Gasteiger partial charge on any atom is 0.0117 e. The van der Waals surface area contributed by atoms with Gasteiger partial charge in [0.15, 0.2) is 0 Å². The van der Waals surface area contributed by atoms with E-state index in [1.807, 2.05) is 13.8 Å². The summed E-state index contributed by atoms with van der Waals surface area (Å²) in [6, 6.07) is 4.13. The molecule has 10 heavy (non-hydrogen) atoms. The van der Waals surface area contributed by atoms with Crippen LogP contribution in [0.3, 0.4) is 0 Å². The molecular weight excluding hydrogens is 122 g/mol. The highest BCUT2D eigenvalue weighted by Crippen LogP contribution is 1.95. The Hall–Kier alpha value is -1.20. The number of aromatic amines is 1. The van der Waals surface area contributed by atoms with Crippen LogP contribution >= 0.6 is 0 Å². The molecular formula is C9H13N. The van der Waals surface area contributed by atoms with Crippen LogP contribution in [0.5, 0.6) is 0 Å². The number of rotatable bonds is 0. The Morgan fingerprint density at radius 2 is 1.50 bits per heavy atom. The molecule has 0 amide bonds. The lowest BCUT2D eigenvalue weighted by molar-refractivity contribution is 1.19. The van der Waals surface area contributed by atoms with Crippen molar-refractivity contribution in [1.82, 2.24) is 4.98 Å². The van der Waals surface area contributed by atoms with Crippen molar-refractivity contribution in [2.24, 2.45) is 0 Å². The first kappa shape index (κ1) is 8.80. The van der Waals surface area contributed by atoms with E-state index < -0.39 is 0 Å². The molecule has 0 aliphatic rings. The van der Waals surface area contributed by atoms with E-state index in [0.29, 0.717) is 0 Å². The predicted molar refractivity (Wildman–Crippen MR) is 45.0 cm³/mol. The number of hydrogen-bond acceptors (Lipinski definition) is 0. The molecule has 0 spiro atoms. The Balaban J connectivity index is 0.000000236. The Kier molecular flexibility index (Phi) is 4.10. The molecule has 1 nitrogen and oxygen atoms in total. The van der Waals surface area contributed by atoms with E-state index in [4.69, 9.17) is 0 Å². The maximum atomic E-state index is 3.14. The third-order valence-electron chi connectivity index (χ3n) is 0.978. The standard InChI is InChI=1S/C6H9N.C3H4/c1-5-3-4-6(2)7-5;1-3-2/h3-4,7H,1-2H3;1-2H2. The number of H-pyrrole nitrogens is 1. The summed E-state index contributed by atoms with van der Waals surface area (Å²) in [7, 11) is 0. The fourth-order valence-corrected chi connectivity index (χ4v) is 0.644. The van der Waals surface area contributed by atoms with Crippen LogP contribution in [0.4, 0.5) is 0 Å². The van der Waals surface area contributed by atoms with E-state index in [9.17, 15) is 0 Å². The molecule has 1 aromatic rings. The SMILES string of the molecule is C=C=C.Cc1ccc(C)[nH]1. The van der Waals surface area contributed by atoms with E-state index in [0.717, 1.165) is 0 Å². The van der Waals surface area contributed by atoms with Crippen LogP contribution < -0.4 is 0 Å². The first-order valence-corrected chi connectivity index (χ1v) is 3.12. The topological polar surface area (TPSA) is 15.8 Å². The largest absolute Gasteiger partial charge is 0.363 e. The molecule has 0 aliphatic carbocycles. The molecule has 54 valence electrons. The number of aromatic nitrogens is 1. The summed E-state index contributed by atoms with van der Waals surface area (Å²) in [6.07, 6.45) is 0. The summed E-state index contributed by atoms with van der Waals surface area (Å²) in [4.78, 5) is 3.14. The van der Waals surface area contributed by atoms with Gasteiger partial charge >= 0.3 is 0 Å². The zero-order valence-corrected chi connectivity index (χ0v) is 6.57.